The molecule has 0 aliphatic carbocycles. The van der Waals surface area contributed by atoms with Gasteiger partial charge >= 0.3 is 12.1 Å². The summed E-state index contributed by atoms with van der Waals surface area (Å²) >= 11 is 0. The number of nitrogens with one attached hydrogen (secondary N) is 1. The van der Waals surface area contributed by atoms with Crippen molar-refractivity contribution in [2.45, 2.75) is 83.9 Å². The van der Waals surface area contributed by atoms with Gasteiger partial charge in [-0.25, -0.2) is 14.8 Å². The number of carbonyl (C=O) groups excluding carboxylic acids is 2. The van der Waals surface area contributed by atoms with Gasteiger partial charge in [0, 0.05) is 86.3 Å². The standard InChI is InChI=1S/C38H49N5O5/c1-26-32-12-7-8-13-33(32)43(19-10-20-46-5)35(26)29-11-9-18-42(25-29)34(44)22-31(41-37(45)48-38(2,3)4)21-27-14-16-28(17-15-27)30-23-39-36(47-6)40-24-30/h7-8,12-17,23-24,29,31H,9-11,18-22,25H2,1-6H3,(H,41,45). The lowest BCUT2D eigenvalue weighted by molar-refractivity contribution is -0.132. The lowest BCUT2D eigenvalue weighted by Crippen LogP contribution is -2.46. The minimum Gasteiger partial charge on any atom is -0.467 e. The first-order chi connectivity index (χ1) is 23.1. The van der Waals surface area contributed by atoms with Gasteiger partial charge in [0.25, 0.3) is 0 Å². The molecular weight excluding hydrogens is 606 g/mol. The number of carbonyl (C=O) groups is 2. The molecule has 1 N–H and O–H groups in total. The molecule has 2 aromatic heterocycles. The number of hydrogen-bond donors (Lipinski definition) is 1. The normalized spacial score (nSPS) is 15.7. The van der Waals surface area contributed by atoms with E-state index in [1.165, 1.54) is 29.3 Å². The molecule has 1 aliphatic heterocycles. The van der Waals surface area contributed by atoms with E-state index in [-0.39, 0.29) is 18.2 Å². The van der Waals surface area contributed by atoms with Crippen LogP contribution in [0, 0.1) is 6.92 Å². The summed E-state index contributed by atoms with van der Waals surface area (Å²) in [5, 5.41) is 4.26. The van der Waals surface area contributed by atoms with Crippen LogP contribution >= 0.6 is 0 Å². The summed E-state index contributed by atoms with van der Waals surface area (Å²) in [6, 6.07) is 16.5. The molecule has 256 valence electrons. The summed E-state index contributed by atoms with van der Waals surface area (Å²) in [7, 11) is 3.27. The van der Waals surface area contributed by atoms with Gasteiger partial charge in [-0.3, -0.25) is 4.79 Å². The highest BCUT2D eigenvalue weighted by molar-refractivity contribution is 5.85. The summed E-state index contributed by atoms with van der Waals surface area (Å²) in [5.74, 6) is 0.261. The number of benzene rings is 2. The van der Waals surface area contributed by atoms with Crippen LogP contribution in [-0.4, -0.2) is 77.0 Å². The van der Waals surface area contributed by atoms with Gasteiger partial charge in [-0.05, 0) is 76.1 Å². The van der Waals surface area contributed by atoms with Gasteiger partial charge in [-0.2, -0.15) is 0 Å². The zero-order chi connectivity index (χ0) is 34.3. The Hall–Kier alpha value is -4.44. The van der Waals surface area contributed by atoms with E-state index in [4.69, 9.17) is 14.2 Å². The van der Waals surface area contributed by atoms with Gasteiger partial charge in [-0.1, -0.05) is 42.5 Å². The van der Waals surface area contributed by atoms with E-state index in [1.807, 2.05) is 49.9 Å². The number of nitrogens with zero attached hydrogens (tertiary/aromatic N) is 4. The van der Waals surface area contributed by atoms with Crippen molar-refractivity contribution in [3.05, 3.63) is 77.7 Å². The third-order valence-corrected chi connectivity index (χ3v) is 8.89. The van der Waals surface area contributed by atoms with E-state index in [9.17, 15) is 9.59 Å². The van der Waals surface area contributed by atoms with E-state index in [0.29, 0.717) is 32.1 Å². The van der Waals surface area contributed by atoms with Crippen molar-refractivity contribution >= 4 is 22.9 Å². The van der Waals surface area contributed by atoms with Crippen molar-refractivity contribution in [1.82, 2.24) is 24.8 Å². The van der Waals surface area contributed by atoms with Crippen LogP contribution in [0.2, 0.25) is 0 Å². The molecule has 1 fully saturated rings. The van der Waals surface area contributed by atoms with E-state index in [2.05, 4.69) is 51.0 Å². The molecule has 3 heterocycles. The second-order valence-corrected chi connectivity index (χ2v) is 13.6. The second kappa shape index (κ2) is 15.6. The van der Waals surface area contributed by atoms with E-state index < -0.39 is 17.7 Å². The van der Waals surface area contributed by atoms with E-state index >= 15 is 0 Å². The van der Waals surface area contributed by atoms with Crippen LogP contribution in [0.15, 0.2) is 60.9 Å². The Morgan fingerprint density at radius 3 is 2.44 bits per heavy atom. The van der Waals surface area contributed by atoms with Crippen molar-refractivity contribution in [2.24, 2.45) is 0 Å². The Morgan fingerprint density at radius 2 is 1.75 bits per heavy atom. The molecule has 48 heavy (non-hydrogen) atoms. The zero-order valence-electron chi connectivity index (χ0n) is 29.1. The van der Waals surface area contributed by atoms with Gasteiger partial charge < -0.3 is 29.0 Å². The molecule has 10 heteroatoms. The number of methoxy groups -OCH3 is 2. The Morgan fingerprint density at radius 1 is 1.02 bits per heavy atom. The number of hydrogen-bond acceptors (Lipinski definition) is 7. The molecule has 2 unspecified atom stereocenters. The van der Waals surface area contributed by atoms with Crippen molar-refractivity contribution < 1.29 is 23.8 Å². The number of piperidine rings is 1. The van der Waals surface area contributed by atoms with Crippen molar-refractivity contribution in [1.29, 1.82) is 0 Å². The molecule has 5 rings (SSSR count). The molecule has 10 nitrogen and oxygen atoms in total. The average molecular weight is 656 g/mol. The molecular formula is C38H49N5O5. The molecule has 2 atom stereocenters. The number of aryl methyl sites for hydroxylation is 2. The molecule has 1 saturated heterocycles. The molecule has 0 bridgehead atoms. The maximum Gasteiger partial charge on any atom is 0.407 e. The van der Waals surface area contributed by atoms with Crippen molar-refractivity contribution in [2.75, 3.05) is 33.9 Å². The van der Waals surface area contributed by atoms with E-state index in [0.717, 1.165) is 42.5 Å². The summed E-state index contributed by atoms with van der Waals surface area (Å²) in [6.07, 6.45) is 6.44. The van der Waals surface area contributed by atoms with Crippen molar-refractivity contribution in [3.63, 3.8) is 0 Å². The summed E-state index contributed by atoms with van der Waals surface area (Å²) in [4.78, 5) is 37.3. The number of aromatic nitrogens is 3. The van der Waals surface area contributed by atoms with Crippen LogP contribution in [-0.2, 0) is 27.2 Å². The van der Waals surface area contributed by atoms with Gasteiger partial charge in [0.15, 0.2) is 0 Å². The first kappa shape index (κ1) is 34.9. The molecule has 4 aromatic rings. The number of para-hydroxylation sites is 1. The third kappa shape index (κ3) is 8.72. The van der Waals surface area contributed by atoms with Crippen LogP contribution in [0.5, 0.6) is 6.01 Å². The predicted octanol–water partition coefficient (Wildman–Crippen LogP) is 6.68. The number of rotatable bonds is 12. The van der Waals surface area contributed by atoms with Crippen LogP contribution in [0.1, 0.15) is 69.2 Å². The van der Waals surface area contributed by atoms with Gasteiger partial charge in [0.2, 0.25) is 5.91 Å². The fourth-order valence-corrected chi connectivity index (χ4v) is 6.73. The van der Waals surface area contributed by atoms with Crippen LogP contribution in [0.25, 0.3) is 22.0 Å². The quantitative estimate of drug-likeness (QED) is 0.170. The summed E-state index contributed by atoms with van der Waals surface area (Å²) in [6.45, 7) is 10.6. The Kier molecular flexibility index (Phi) is 11.4. The molecule has 0 spiro atoms. The number of likely N-dealkylation sites (tertiary alicyclic amines) is 1. The van der Waals surface area contributed by atoms with Crippen molar-refractivity contribution in [3.8, 4) is 17.1 Å². The monoisotopic (exact) mass is 655 g/mol. The molecule has 0 saturated carbocycles. The highest BCUT2D eigenvalue weighted by Crippen LogP contribution is 2.36. The van der Waals surface area contributed by atoms with E-state index in [1.54, 1.807) is 19.5 Å². The average Bonchev–Trinajstić information content (AvgIpc) is 3.35. The minimum atomic E-state index is -0.652. The van der Waals surface area contributed by atoms with Crippen LogP contribution in [0.3, 0.4) is 0 Å². The first-order valence-electron chi connectivity index (χ1n) is 16.9. The fraction of sp³-hybridized carbons (Fsp3) is 0.474. The summed E-state index contributed by atoms with van der Waals surface area (Å²) < 4.78 is 18.5. The Labute approximate surface area is 283 Å². The van der Waals surface area contributed by atoms with Crippen LogP contribution < -0.4 is 10.1 Å². The van der Waals surface area contributed by atoms with Gasteiger partial charge in [-0.15, -0.1) is 0 Å². The number of alkyl carbamates (subject to hydrolysis) is 1. The molecule has 1 aliphatic rings. The number of ether oxygens (including phenoxy) is 3. The Balaban J connectivity index is 1.32. The highest BCUT2D eigenvalue weighted by Gasteiger charge is 2.31. The van der Waals surface area contributed by atoms with Crippen LogP contribution in [0.4, 0.5) is 4.79 Å². The van der Waals surface area contributed by atoms with Gasteiger partial charge in [0.1, 0.15) is 5.60 Å². The topological polar surface area (TPSA) is 108 Å². The highest BCUT2D eigenvalue weighted by atomic mass is 16.6. The molecule has 0 radical (unpaired) electrons. The predicted molar refractivity (Wildman–Crippen MR) is 187 cm³/mol. The largest absolute Gasteiger partial charge is 0.467 e. The second-order valence-electron chi connectivity index (χ2n) is 13.6. The Bertz CT molecular complexity index is 1680. The SMILES string of the molecule is COCCCn1c(C2CCCN(C(=O)CC(Cc3ccc(-c4cnc(OC)nc4)cc3)NC(=O)OC(C)(C)C)C2)c(C)c2ccccc21. The third-order valence-electron chi connectivity index (χ3n) is 8.89. The maximum absolute atomic E-state index is 14.0. The smallest absolute Gasteiger partial charge is 0.407 e. The molecule has 2 amide bonds. The number of amides is 2. The fourth-order valence-electron chi connectivity index (χ4n) is 6.73. The maximum atomic E-state index is 14.0. The lowest BCUT2D eigenvalue weighted by Gasteiger charge is -2.35. The minimum absolute atomic E-state index is 0.0347. The molecule has 2 aromatic carbocycles. The summed E-state index contributed by atoms with van der Waals surface area (Å²) in [5.41, 5.74) is 6.01. The number of fused-ring (bicyclic) bond motifs is 1. The zero-order valence-corrected chi connectivity index (χ0v) is 29.1. The van der Waals surface area contributed by atoms with Gasteiger partial charge in [0.05, 0.1) is 7.11 Å². The first-order valence-corrected chi connectivity index (χ1v) is 16.9. The lowest BCUT2D eigenvalue weighted by atomic mass is 9.91.